The van der Waals surface area contributed by atoms with Crippen molar-refractivity contribution in [3.8, 4) is 0 Å². The van der Waals surface area contributed by atoms with Gasteiger partial charge in [-0.15, -0.1) is 0 Å². The van der Waals surface area contributed by atoms with E-state index in [1.165, 1.54) is 0 Å². The van der Waals surface area contributed by atoms with Gasteiger partial charge in [-0.25, -0.2) is 0 Å². The normalized spacial score (nSPS) is 11.0. The SMILES string of the molecule is COCCNC(=S)N/N=C/c1cc2ccccc2o1. The van der Waals surface area contributed by atoms with Crippen LogP contribution < -0.4 is 10.7 Å². The third kappa shape index (κ3) is 4.04. The summed E-state index contributed by atoms with van der Waals surface area (Å²) in [6.07, 6.45) is 1.59. The van der Waals surface area contributed by atoms with Crippen LogP contribution in [-0.4, -0.2) is 31.6 Å². The number of thiocarbonyl (C=S) groups is 1. The molecule has 1 heterocycles. The predicted octanol–water partition coefficient (Wildman–Crippen LogP) is 1.88. The molecule has 1 aromatic heterocycles. The number of nitrogens with one attached hydrogen (secondary N) is 2. The molecule has 2 rings (SSSR count). The van der Waals surface area contributed by atoms with Crippen molar-refractivity contribution in [3.05, 3.63) is 36.1 Å². The molecule has 100 valence electrons. The van der Waals surface area contributed by atoms with Gasteiger partial charge in [-0.2, -0.15) is 5.10 Å². The zero-order valence-corrected chi connectivity index (χ0v) is 11.4. The van der Waals surface area contributed by atoms with Crippen LogP contribution in [0.25, 0.3) is 11.0 Å². The molecule has 6 heteroatoms. The first kappa shape index (κ1) is 13.5. The lowest BCUT2D eigenvalue weighted by atomic mass is 10.2. The molecule has 0 amide bonds. The molecule has 2 aromatic rings. The minimum Gasteiger partial charge on any atom is -0.455 e. The van der Waals surface area contributed by atoms with Crippen molar-refractivity contribution < 1.29 is 9.15 Å². The third-order valence-corrected chi connectivity index (χ3v) is 2.63. The summed E-state index contributed by atoms with van der Waals surface area (Å²) in [5.74, 6) is 0.674. The van der Waals surface area contributed by atoms with E-state index >= 15 is 0 Å². The van der Waals surface area contributed by atoms with Crippen LogP contribution in [0.4, 0.5) is 0 Å². The second kappa shape index (κ2) is 6.86. The number of furan rings is 1. The van der Waals surface area contributed by atoms with Crippen molar-refractivity contribution in [2.75, 3.05) is 20.3 Å². The van der Waals surface area contributed by atoms with E-state index in [2.05, 4.69) is 15.8 Å². The summed E-state index contributed by atoms with van der Waals surface area (Å²) >= 11 is 5.02. The Morgan fingerprint density at radius 3 is 3.11 bits per heavy atom. The molecule has 0 aliphatic carbocycles. The molecule has 0 bridgehead atoms. The lowest BCUT2D eigenvalue weighted by molar-refractivity contribution is 0.204. The first-order valence-electron chi connectivity index (χ1n) is 5.84. The largest absolute Gasteiger partial charge is 0.455 e. The van der Waals surface area contributed by atoms with Gasteiger partial charge >= 0.3 is 0 Å². The second-order valence-electron chi connectivity index (χ2n) is 3.81. The van der Waals surface area contributed by atoms with Gasteiger partial charge in [0, 0.05) is 19.0 Å². The Hall–Kier alpha value is -1.92. The Bertz CT molecular complexity index is 547. The average Bonchev–Trinajstić information content (AvgIpc) is 2.81. The van der Waals surface area contributed by atoms with E-state index in [0.717, 1.165) is 11.0 Å². The fourth-order valence-electron chi connectivity index (χ4n) is 1.53. The summed E-state index contributed by atoms with van der Waals surface area (Å²) in [6.45, 7) is 1.23. The summed E-state index contributed by atoms with van der Waals surface area (Å²) in [5, 5.41) is 8.44. The summed E-state index contributed by atoms with van der Waals surface area (Å²) in [4.78, 5) is 0. The maximum absolute atomic E-state index is 5.58. The lowest BCUT2D eigenvalue weighted by Gasteiger charge is -2.04. The summed E-state index contributed by atoms with van der Waals surface area (Å²) in [7, 11) is 1.64. The molecule has 0 atom stereocenters. The molecule has 0 aliphatic rings. The first-order valence-corrected chi connectivity index (χ1v) is 6.25. The molecule has 1 aromatic carbocycles. The van der Waals surface area contributed by atoms with E-state index in [9.17, 15) is 0 Å². The zero-order valence-electron chi connectivity index (χ0n) is 10.6. The first-order chi connectivity index (χ1) is 9.29. The van der Waals surface area contributed by atoms with Crippen molar-refractivity contribution in [3.63, 3.8) is 0 Å². The van der Waals surface area contributed by atoms with E-state index in [0.29, 0.717) is 24.0 Å². The Morgan fingerprint density at radius 2 is 2.32 bits per heavy atom. The quantitative estimate of drug-likeness (QED) is 0.378. The average molecular weight is 277 g/mol. The molecule has 0 saturated carbocycles. The lowest BCUT2D eigenvalue weighted by Crippen LogP contribution is -2.34. The molecule has 0 saturated heterocycles. The standard InChI is InChI=1S/C13H15N3O2S/c1-17-7-6-14-13(19)16-15-9-11-8-10-4-2-3-5-12(10)18-11/h2-5,8-9H,6-7H2,1H3,(H2,14,16,19)/b15-9+. The van der Waals surface area contributed by atoms with Crippen LogP contribution in [0.1, 0.15) is 5.76 Å². The molecular weight excluding hydrogens is 262 g/mol. The van der Waals surface area contributed by atoms with Gasteiger partial charge < -0.3 is 14.5 Å². The maximum Gasteiger partial charge on any atom is 0.187 e. The topological polar surface area (TPSA) is 58.8 Å². The molecule has 0 spiro atoms. The fraction of sp³-hybridized carbons (Fsp3) is 0.231. The van der Waals surface area contributed by atoms with Crippen LogP contribution >= 0.6 is 12.2 Å². The van der Waals surface area contributed by atoms with Gasteiger partial charge in [-0.3, -0.25) is 5.43 Å². The van der Waals surface area contributed by atoms with Crippen molar-refractivity contribution in [1.82, 2.24) is 10.7 Å². The van der Waals surface area contributed by atoms with Gasteiger partial charge in [0.15, 0.2) is 5.11 Å². The highest BCUT2D eigenvalue weighted by Gasteiger charge is 1.99. The molecule has 0 fully saturated rings. The van der Waals surface area contributed by atoms with Gasteiger partial charge in [-0.05, 0) is 24.4 Å². The van der Waals surface area contributed by atoms with Crippen LogP contribution in [0.15, 0.2) is 39.9 Å². The Morgan fingerprint density at radius 1 is 1.47 bits per heavy atom. The maximum atomic E-state index is 5.58. The number of ether oxygens (including phenoxy) is 1. The summed E-state index contributed by atoms with van der Waals surface area (Å²) < 4.78 is 10.5. The smallest absolute Gasteiger partial charge is 0.187 e. The molecule has 5 nitrogen and oxygen atoms in total. The van der Waals surface area contributed by atoms with E-state index < -0.39 is 0 Å². The second-order valence-corrected chi connectivity index (χ2v) is 4.21. The number of rotatable bonds is 5. The van der Waals surface area contributed by atoms with E-state index in [4.69, 9.17) is 21.4 Å². The molecule has 0 radical (unpaired) electrons. The summed E-state index contributed by atoms with van der Waals surface area (Å²) in [5.41, 5.74) is 3.55. The van der Waals surface area contributed by atoms with Crippen LogP contribution in [0.5, 0.6) is 0 Å². The van der Waals surface area contributed by atoms with Crippen molar-refractivity contribution in [1.29, 1.82) is 0 Å². The highest BCUT2D eigenvalue weighted by molar-refractivity contribution is 7.80. The van der Waals surface area contributed by atoms with Gasteiger partial charge in [0.05, 0.1) is 12.8 Å². The van der Waals surface area contributed by atoms with E-state index in [1.807, 2.05) is 30.3 Å². The predicted molar refractivity (Wildman–Crippen MR) is 79.4 cm³/mol. The molecule has 19 heavy (non-hydrogen) atoms. The van der Waals surface area contributed by atoms with Crippen LogP contribution in [-0.2, 0) is 4.74 Å². The number of para-hydroxylation sites is 1. The van der Waals surface area contributed by atoms with Crippen molar-refractivity contribution >= 4 is 34.5 Å². The fourth-order valence-corrected chi connectivity index (χ4v) is 1.68. The number of benzene rings is 1. The van der Waals surface area contributed by atoms with Crippen molar-refractivity contribution in [2.45, 2.75) is 0 Å². The van der Waals surface area contributed by atoms with Gasteiger partial charge in [0.1, 0.15) is 11.3 Å². The van der Waals surface area contributed by atoms with Crippen LogP contribution in [0.2, 0.25) is 0 Å². The van der Waals surface area contributed by atoms with Gasteiger partial charge in [0.2, 0.25) is 0 Å². The minimum atomic E-state index is 0.449. The summed E-state index contributed by atoms with van der Waals surface area (Å²) in [6, 6.07) is 9.71. The monoisotopic (exact) mass is 277 g/mol. The minimum absolute atomic E-state index is 0.449. The number of nitrogens with zero attached hydrogens (tertiary/aromatic N) is 1. The molecular formula is C13H15N3O2S. The highest BCUT2D eigenvalue weighted by atomic mass is 32.1. The Labute approximate surface area is 116 Å². The molecule has 0 aliphatic heterocycles. The van der Waals surface area contributed by atoms with Crippen molar-refractivity contribution in [2.24, 2.45) is 5.10 Å². The Kier molecular flexibility index (Phi) is 4.88. The van der Waals surface area contributed by atoms with Gasteiger partial charge in [0.25, 0.3) is 0 Å². The number of hydrogen-bond acceptors (Lipinski definition) is 4. The van der Waals surface area contributed by atoms with Crippen LogP contribution in [0.3, 0.4) is 0 Å². The third-order valence-electron chi connectivity index (χ3n) is 2.39. The van der Waals surface area contributed by atoms with Crippen LogP contribution in [0, 0.1) is 0 Å². The molecule has 0 unspecified atom stereocenters. The number of hydrazone groups is 1. The van der Waals surface area contributed by atoms with Gasteiger partial charge in [-0.1, -0.05) is 18.2 Å². The number of fused-ring (bicyclic) bond motifs is 1. The molecule has 2 N–H and O–H groups in total. The number of methoxy groups -OCH3 is 1. The van der Waals surface area contributed by atoms with E-state index in [-0.39, 0.29) is 0 Å². The number of hydrogen-bond donors (Lipinski definition) is 2. The zero-order chi connectivity index (χ0) is 13.5. The van der Waals surface area contributed by atoms with E-state index in [1.54, 1.807) is 13.3 Å². The Balaban J connectivity index is 1.86. The highest BCUT2D eigenvalue weighted by Crippen LogP contribution is 2.17.